The molecule has 2 rings (SSSR count). The number of carboxylic acid groups (broad SMARTS) is 1. The van der Waals surface area contributed by atoms with E-state index in [2.05, 4.69) is 9.71 Å². The fourth-order valence-corrected chi connectivity index (χ4v) is 4.01. The number of carbonyl (C=O) groups is 1. The maximum atomic E-state index is 12.3. The Hall–Kier alpha value is -1.93. The zero-order valence-electron chi connectivity index (χ0n) is 12.3. The number of hydrogen-bond donors (Lipinski definition) is 2. The molecule has 2 N–H and O–H groups in total. The van der Waals surface area contributed by atoms with Gasteiger partial charge in [0, 0.05) is 0 Å². The Kier molecular flexibility index (Phi) is 4.52. The normalized spacial score (nSPS) is 11.6. The van der Waals surface area contributed by atoms with Crippen molar-refractivity contribution in [1.82, 2.24) is 4.98 Å². The average Bonchev–Trinajstić information content (AvgIpc) is 2.82. The highest BCUT2D eigenvalue weighted by molar-refractivity contribution is 7.93. The molecular formula is C14H16N2O4S2. The molecule has 1 aromatic heterocycles. The molecule has 0 saturated carbocycles. The molecule has 2 aromatic rings. The van der Waals surface area contributed by atoms with Crippen LogP contribution in [-0.2, 0) is 10.0 Å². The molecule has 118 valence electrons. The molecule has 0 aliphatic carbocycles. The summed E-state index contributed by atoms with van der Waals surface area (Å²) in [7, 11) is -3.78. The van der Waals surface area contributed by atoms with Gasteiger partial charge in [0.2, 0.25) is 0 Å². The smallest absolute Gasteiger partial charge is 0.347 e. The molecule has 0 saturated heterocycles. The third-order valence-corrected chi connectivity index (χ3v) is 5.41. The number of carboxylic acids is 1. The molecule has 0 fully saturated rings. The number of rotatable bonds is 5. The first-order valence-corrected chi connectivity index (χ1v) is 8.84. The molecule has 22 heavy (non-hydrogen) atoms. The van der Waals surface area contributed by atoms with E-state index >= 15 is 0 Å². The lowest BCUT2D eigenvalue weighted by atomic mass is 10.1. The molecular weight excluding hydrogens is 324 g/mol. The van der Waals surface area contributed by atoms with Crippen LogP contribution in [0.4, 0.5) is 5.13 Å². The quantitative estimate of drug-likeness (QED) is 0.872. The van der Waals surface area contributed by atoms with Crippen LogP contribution in [0, 0.1) is 6.92 Å². The standard InChI is InChI=1S/C14H16N2O4S2/c1-8(2)11-12(13(17)18)21-14(15-11)16-22(19,20)10-6-4-9(3)5-7-10/h4-8H,1-3H3,(H,15,16)(H,17,18). The van der Waals surface area contributed by atoms with Gasteiger partial charge in [-0.05, 0) is 25.0 Å². The maximum Gasteiger partial charge on any atom is 0.347 e. The Morgan fingerprint density at radius 3 is 2.32 bits per heavy atom. The number of aromatic nitrogens is 1. The lowest BCUT2D eigenvalue weighted by Crippen LogP contribution is -2.12. The number of sulfonamides is 1. The maximum absolute atomic E-state index is 12.3. The van der Waals surface area contributed by atoms with Crippen LogP contribution in [0.1, 0.15) is 40.7 Å². The minimum atomic E-state index is -3.78. The predicted molar refractivity (Wildman–Crippen MR) is 85.1 cm³/mol. The van der Waals surface area contributed by atoms with Crippen LogP contribution >= 0.6 is 11.3 Å². The highest BCUT2D eigenvalue weighted by atomic mass is 32.2. The van der Waals surface area contributed by atoms with Crippen molar-refractivity contribution in [1.29, 1.82) is 0 Å². The summed E-state index contributed by atoms with van der Waals surface area (Å²) in [5.41, 5.74) is 1.32. The van der Waals surface area contributed by atoms with Gasteiger partial charge in [0.25, 0.3) is 10.0 Å². The highest BCUT2D eigenvalue weighted by Crippen LogP contribution is 2.29. The van der Waals surface area contributed by atoms with Crippen molar-refractivity contribution in [3.63, 3.8) is 0 Å². The van der Waals surface area contributed by atoms with Gasteiger partial charge in [-0.3, -0.25) is 4.72 Å². The summed E-state index contributed by atoms with van der Waals surface area (Å²) in [6.45, 7) is 5.47. The van der Waals surface area contributed by atoms with Crippen molar-refractivity contribution in [2.45, 2.75) is 31.6 Å². The zero-order chi connectivity index (χ0) is 16.5. The second-order valence-corrected chi connectivity index (χ2v) is 7.79. The Labute approximate surface area is 132 Å². The Balaban J connectivity index is 2.36. The number of hydrogen-bond acceptors (Lipinski definition) is 5. The van der Waals surface area contributed by atoms with E-state index in [4.69, 9.17) is 5.11 Å². The van der Waals surface area contributed by atoms with E-state index < -0.39 is 16.0 Å². The van der Waals surface area contributed by atoms with E-state index in [0.29, 0.717) is 5.69 Å². The molecule has 0 spiro atoms. The number of anilines is 1. The first kappa shape index (κ1) is 16.4. The summed E-state index contributed by atoms with van der Waals surface area (Å²) in [6, 6.07) is 6.37. The third-order valence-electron chi connectivity index (χ3n) is 2.95. The average molecular weight is 340 g/mol. The second kappa shape index (κ2) is 6.05. The predicted octanol–water partition coefficient (Wildman–Crippen LogP) is 3.07. The van der Waals surface area contributed by atoms with Crippen molar-refractivity contribution in [2.75, 3.05) is 4.72 Å². The van der Waals surface area contributed by atoms with Crippen molar-refractivity contribution in [3.05, 3.63) is 40.4 Å². The lowest BCUT2D eigenvalue weighted by molar-refractivity contribution is 0.0700. The molecule has 1 heterocycles. The minimum Gasteiger partial charge on any atom is -0.477 e. The zero-order valence-corrected chi connectivity index (χ0v) is 14.0. The number of nitrogens with one attached hydrogen (secondary N) is 1. The SMILES string of the molecule is Cc1ccc(S(=O)(=O)Nc2nc(C(C)C)c(C(=O)O)s2)cc1. The summed E-state index contributed by atoms with van der Waals surface area (Å²) in [5, 5.41) is 9.22. The fraction of sp³-hybridized carbons (Fsp3) is 0.286. The number of nitrogens with zero attached hydrogens (tertiary/aromatic N) is 1. The summed E-state index contributed by atoms with van der Waals surface area (Å²) in [4.78, 5) is 15.5. The van der Waals surface area contributed by atoms with Gasteiger partial charge >= 0.3 is 5.97 Å². The van der Waals surface area contributed by atoms with Crippen LogP contribution in [0.25, 0.3) is 0 Å². The van der Waals surface area contributed by atoms with Gasteiger partial charge in [-0.2, -0.15) is 0 Å². The summed E-state index contributed by atoms with van der Waals surface area (Å²) in [6.07, 6.45) is 0. The first-order chi connectivity index (χ1) is 10.2. The molecule has 0 bridgehead atoms. The number of aromatic carboxylic acids is 1. The summed E-state index contributed by atoms with van der Waals surface area (Å²) in [5.74, 6) is -1.22. The summed E-state index contributed by atoms with van der Waals surface area (Å²) >= 11 is 0.820. The number of aryl methyl sites for hydroxylation is 1. The molecule has 8 heteroatoms. The monoisotopic (exact) mass is 340 g/mol. The van der Waals surface area contributed by atoms with Gasteiger partial charge in [0.15, 0.2) is 5.13 Å². The topological polar surface area (TPSA) is 96.4 Å². The molecule has 0 amide bonds. The van der Waals surface area contributed by atoms with E-state index in [0.717, 1.165) is 16.9 Å². The number of benzene rings is 1. The van der Waals surface area contributed by atoms with Gasteiger partial charge in [0.1, 0.15) is 4.88 Å². The lowest BCUT2D eigenvalue weighted by Gasteiger charge is -2.05. The molecule has 6 nitrogen and oxygen atoms in total. The van der Waals surface area contributed by atoms with Crippen LogP contribution in [-0.4, -0.2) is 24.5 Å². The molecule has 0 aliphatic rings. The van der Waals surface area contributed by atoms with Gasteiger partial charge in [-0.1, -0.05) is 42.9 Å². The van der Waals surface area contributed by atoms with Gasteiger partial charge < -0.3 is 5.11 Å². The van der Waals surface area contributed by atoms with E-state index in [1.807, 2.05) is 6.92 Å². The number of thiazole rings is 1. The van der Waals surface area contributed by atoms with E-state index in [9.17, 15) is 13.2 Å². The third kappa shape index (κ3) is 3.45. The van der Waals surface area contributed by atoms with Crippen LogP contribution in [0.3, 0.4) is 0 Å². The van der Waals surface area contributed by atoms with Crippen LogP contribution < -0.4 is 4.72 Å². The van der Waals surface area contributed by atoms with E-state index in [1.165, 1.54) is 12.1 Å². The Bertz CT molecular complexity index is 793. The van der Waals surface area contributed by atoms with Crippen molar-refractivity contribution < 1.29 is 18.3 Å². The van der Waals surface area contributed by atoms with E-state index in [-0.39, 0.29) is 20.8 Å². The van der Waals surface area contributed by atoms with E-state index in [1.54, 1.807) is 26.0 Å². The van der Waals surface area contributed by atoms with Crippen molar-refractivity contribution in [3.8, 4) is 0 Å². The largest absolute Gasteiger partial charge is 0.477 e. The van der Waals surface area contributed by atoms with Crippen molar-refractivity contribution >= 4 is 32.5 Å². The van der Waals surface area contributed by atoms with Crippen LogP contribution in [0.5, 0.6) is 0 Å². The van der Waals surface area contributed by atoms with Crippen LogP contribution in [0.2, 0.25) is 0 Å². The second-order valence-electron chi connectivity index (χ2n) is 5.11. The fourth-order valence-electron chi connectivity index (χ4n) is 1.81. The molecule has 0 radical (unpaired) electrons. The highest BCUT2D eigenvalue weighted by Gasteiger charge is 2.22. The minimum absolute atomic E-state index is 0.0524. The van der Waals surface area contributed by atoms with Crippen LogP contribution in [0.15, 0.2) is 29.2 Å². The van der Waals surface area contributed by atoms with Gasteiger partial charge in [0.05, 0.1) is 10.6 Å². The molecule has 0 aliphatic heterocycles. The molecule has 1 aromatic carbocycles. The Morgan fingerprint density at radius 1 is 1.27 bits per heavy atom. The molecule has 0 unspecified atom stereocenters. The first-order valence-electron chi connectivity index (χ1n) is 6.54. The summed E-state index contributed by atoms with van der Waals surface area (Å²) < 4.78 is 26.9. The van der Waals surface area contributed by atoms with Gasteiger partial charge in [-0.25, -0.2) is 18.2 Å². The van der Waals surface area contributed by atoms with Gasteiger partial charge in [-0.15, -0.1) is 0 Å². The molecule has 0 atom stereocenters. The Morgan fingerprint density at radius 2 is 1.86 bits per heavy atom. The van der Waals surface area contributed by atoms with Crippen molar-refractivity contribution in [2.24, 2.45) is 0 Å².